The molecule has 0 saturated carbocycles. The monoisotopic (exact) mass is 364 g/mol. The second-order valence-electron chi connectivity index (χ2n) is 6.03. The van der Waals surface area contributed by atoms with Crippen molar-refractivity contribution >= 4 is 22.4 Å². The zero-order valence-electron chi connectivity index (χ0n) is 14.7. The molecule has 1 aliphatic heterocycles. The summed E-state index contributed by atoms with van der Waals surface area (Å²) in [6, 6.07) is 12.3. The van der Waals surface area contributed by atoms with Gasteiger partial charge in [0.1, 0.15) is 0 Å². The van der Waals surface area contributed by atoms with Crippen LogP contribution in [-0.2, 0) is 7.05 Å². The van der Waals surface area contributed by atoms with E-state index in [-0.39, 0.29) is 18.0 Å². The normalized spacial score (nSPS) is 13.0. The number of carbonyl (C=O) groups excluding carboxylic acids is 1. The predicted octanol–water partition coefficient (Wildman–Crippen LogP) is 1.82. The molecular formula is C19H16N4O4. The van der Waals surface area contributed by atoms with E-state index in [1.54, 1.807) is 43.3 Å². The van der Waals surface area contributed by atoms with Crippen molar-refractivity contribution in [2.45, 2.75) is 6.92 Å². The topological polar surface area (TPSA) is 94.8 Å². The van der Waals surface area contributed by atoms with Gasteiger partial charge in [-0.3, -0.25) is 9.59 Å². The van der Waals surface area contributed by atoms with E-state index >= 15 is 0 Å². The van der Waals surface area contributed by atoms with Crippen molar-refractivity contribution in [3.63, 3.8) is 0 Å². The van der Waals surface area contributed by atoms with E-state index in [0.29, 0.717) is 28.0 Å². The summed E-state index contributed by atoms with van der Waals surface area (Å²) in [6.07, 6.45) is 0. The molecule has 3 aromatic rings. The smallest absolute Gasteiger partial charge is 0.292 e. The average molecular weight is 364 g/mol. The molecule has 2 heterocycles. The minimum absolute atomic E-state index is 0.134. The number of hydrazone groups is 1. The molecule has 0 saturated heterocycles. The summed E-state index contributed by atoms with van der Waals surface area (Å²) in [7, 11) is 1.51. The maximum absolute atomic E-state index is 12.6. The van der Waals surface area contributed by atoms with Gasteiger partial charge >= 0.3 is 0 Å². The van der Waals surface area contributed by atoms with Gasteiger partial charge in [0.15, 0.2) is 17.2 Å². The molecule has 0 fully saturated rings. The summed E-state index contributed by atoms with van der Waals surface area (Å²) >= 11 is 0. The molecule has 8 nitrogen and oxygen atoms in total. The Kier molecular flexibility index (Phi) is 4.08. The molecule has 0 radical (unpaired) electrons. The lowest BCUT2D eigenvalue weighted by molar-refractivity contribution is 0.0949. The van der Waals surface area contributed by atoms with Gasteiger partial charge in [0.2, 0.25) is 6.79 Å². The molecule has 1 aromatic heterocycles. The number of amides is 1. The average Bonchev–Trinajstić information content (AvgIpc) is 3.16. The first-order valence-electron chi connectivity index (χ1n) is 8.25. The fourth-order valence-corrected chi connectivity index (χ4v) is 2.84. The summed E-state index contributed by atoms with van der Waals surface area (Å²) in [5.41, 5.74) is 3.76. The van der Waals surface area contributed by atoms with Gasteiger partial charge in [0, 0.05) is 18.0 Å². The standard InChI is InChI=1S/C19H16N4O4/c1-11(12-7-8-15-16(9-12)27-10-26-15)20-21-18(24)17-13-5-3-4-6-14(13)19(25)23(2)22-17/h3-9H,10H2,1-2H3,(H,21,24)/b20-11+. The number of benzene rings is 2. The fourth-order valence-electron chi connectivity index (χ4n) is 2.84. The van der Waals surface area contributed by atoms with Gasteiger partial charge in [0.25, 0.3) is 11.5 Å². The van der Waals surface area contributed by atoms with Gasteiger partial charge < -0.3 is 9.47 Å². The van der Waals surface area contributed by atoms with Crippen LogP contribution >= 0.6 is 0 Å². The molecule has 0 atom stereocenters. The number of ether oxygens (including phenoxy) is 2. The highest BCUT2D eigenvalue weighted by molar-refractivity contribution is 6.06. The molecule has 27 heavy (non-hydrogen) atoms. The van der Waals surface area contributed by atoms with Crippen LogP contribution in [0.25, 0.3) is 10.8 Å². The van der Waals surface area contributed by atoms with Crippen molar-refractivity contribution in [3.05, 3.63) is 64.1 Å². The van der Waals surface area contributed by atoms with Crippen molar-refractivity contribution in [3.8, 4) is 11.5 Å². The van der Waals surface area contributed by atoms with Crippen LogP contribution in [0.4, 0.5) is 0 Å². The van der Waals surface area contributed by atoms with Crippen LogP contribution < -0.4 is 20.5 Å². The first-order chi connectivity index (χ1) is 13.0. The summed E-state index contributed by atoms with van der Waals surface area (Å²) < 4.78 is 11.8. The molecule has 1 N–H and O–H groups in total. The van der Waals surface area contributed by atoms with E-state index in [1.165, 1.54) is 7.05 Å². The van der Waals surface area contributed by atoms with Gasteiger partial charge in [0.05, 0.1) is 11.1 Å². The van der Waals surface area contributed by atoms with Crippen molar-refractivity contribution in [2.24, 2.45) is 12.1 Å². The molecule has 136 valence electrons. The predicted molar refractivity (Wildman–Crippen MR) is 99.2 cm³/mol. The van der Waals surface area contributed by atoms with Crippen LogP contribution in [0.15, 0.2) is 52.4 Å². The Morgan fingerprint density at radius 2 is 1.89 bits per heavy atom. The SMILES string of the molecule is C/C(=N\NC(=O)c1nn(C)c(=O)c2ccccc12)c1ccc2c(c1)OCO2. The first-order valence-corrected chi connectivity index (χ1v) is 8.25. The quantitative estimate of drug-likeness (QED) is 0.565. The number of aryl methyl sites for hydroxylation is 1. The van der Waals surface area contributed by atoms with Crippen molar-refractivity contribution < 1.29 is 14.3 Å². The molecule has 0 spiro atoms. The molecule has 8 heteroatoms. The third-order valence-electron chi connectivity index (χ3n) is 4.29. The number of hydrogen-bond donors (Lipinski definition) is 1. The van der Waals surface area contributed by atoms with Crippen LogP contribution in [-0.4, -0.2) is 28.2 Å². The Morgan fingerprint density at radius 3 is 2.70 bits per heavy atom. The highest BCUT2D eigenvalue weighted by atomic mass is 16.7. The van der Waals surface area contributed by atoms with E-state index in [2.05, 4.69) is 15.6 Å². The molecule has 4 rings (SSSR count). The van der Waals surface area contributed by atoms with Crippen molar-refractivity contribution in [1.29, 1.82) is 0 Å². The number of rotatable bonds is 3. The van der Waals surface area contributed by atoms with E-state index in [9.17, 15) is 9.59 Å². The molecule has 0 bridgehead atoms. The third kappa shape index (κ3) is 3.01. The molecule has 2 aromatic carbocycles. The minimum Gasteiger partial charge on any atom is -0.454 e. The molecule has 0 unspecified atom stereocenters. The lowest BCUT2D eigenvalue weighted by atomic mass is 10.1. The largest absolute Gasteiger partial charge is 0.454 e. The van der Waals surface area contributed by atoms with E-state index in [0.717, 1.165) is 10.2 Å². The van der Waals surface area contributed by atoms with Gasteiger partial charge in [-0.05, 0) is 31.2 Å². The van der Waals surface area contributed by atoms with Crippen LogP contribution in [0.3, 0.4) is 0 Å². The zero-order valence-corrected chi connectivity index (χ0v) is 14.7. The zero-order chi connectivity index (χ0) is 19.0. The van der Waals surface area contributed by atoms with Crippen LogP contribution in [0.2, 0.25) is 0 Å². The summed E-state index contributed by atoms with van der Waals surface area (Å²) in [6.45, 7) is 1.96. The maximum Gasteiger partial charge on any atom is 0.292 e. The van der Waals surface area contributed by atoms with Gasteiger partial charge in [-0.1, -0.05) is 18.2 Å². The van der Waals surface area contributed by atoms with Crippen molar-refractivity contribution in [2.75, 3.05) is 6.79 Å². The lowest BCUT2D eigenvalue weighted by Gasteiger charge is -2.07. The summed E-state index contributed by atoms with van der Waals surface area (Å²) in [4.78, 5) is 24.8. The van der Waals surface area contributed by atoms with Crippen LogP contribution in [0.1, 0.15) is 23.0 Å². The lowest BCUT2D eigenvalue weighted by Crippen LogP contribution is -2.27. The van der Waals surface area contributed by atoms with Crippen molar-refractivity contribution in [1.82, 2.24) is 15.2 Å². The molecule has 0 aliphatic carbocycles. The summed E-state index contributed by atoms with van der Waals surface area (Å²) in [5.74, 6) is 0.817. The number of fused-ring (bicyclic) bond motifs is 2. The van der Waals surface area contributed by atoms with Gasteiger partial charge in [-0.15, -0.1) is 0 Å². The number of aromatic nitrogens is 2. The molecule has 1 amide bonds. The number of nitrogens with one attached hydrogen (secondary N) is 1. The Hall–Kier alpha value is -3.68. The first kappa shape index (κ1) is 16.8. The molecule has 1 aliphatic rings. The van der Waals surface area contributed by atoms with Crippen LogP contribution in [0.5, 0.6) is 11.5 Å². The number of hydrogen-bond acceptors (Lipinski definition) is 6. The highest BCUT2D eigenvalue weighted by Crippen LogP contribution is 2.32. The van der Waals surface area contributed by atoms with E-state index in [4.69, 9.17) is 9.47 Å². The fraction of sp³-hybridized carbons (Fsp3) is 0.158. The Labute approximate surface area is 154 Å². The minimum atomic E-state index is -0.498. The van der Waals surface area contributed by atoms with Crippen LogP contribution in [0, 0.1) is 0 Å². The molecular weight excluding hydrogens is 348 g/mol. The van der Waals surface area contributed by atoms with E-state index < -0.39 is 5.91 Å². The Bertz CT molecular complexity index is 1150. The maximum atomic E-state index is 12.6. The second-order valence-corrected chi connectivity index (χ2v) is 6.03. The highest BCUT2D eigenvalue weighted by Gasteiger charge is 2.16. The van der Waals surface area contributed by atoms with Gasteiger partial charge in [-0.25, -0.2) is 10.1 Å². The van der Waals surface area contributed by atoms with E-state index in [1.807, 2.05) is 6.07 Å². The number of nitrogens with zero attached hydrogens (tertiary/aromatic N) is 3. The second kappa shape index (κ2) is 6.56. The summed E-state index contributed by atoms with van der Waals surface area (Å²) in [5, 5.41) is 9.14. The Morgan fingerprint density at radius 1 is 1.15 bits per heavy atom. The van der Waals surface area contributed by atoms with Gasteiger partial charge in [-0.2, -0.15) is 10.2 Å². The Balaban J connectivity index is 1.63. The third-order valence-corrected chi connectivity index (χ3v) is 4.29. The number of carbonyl (C=O) groups is 1.